The maximum Gasteiger partial charge on any atom is 0.145 e. The molecule has 6 nitrogen and oxygen atoms in total. The van der Waals surface area contributed by atoms with Gasteiger partial charge in [-0.05, 0) is 30.3 Å². The molecule has 5 aromatic rings. The molecular formula is C28H19FN6. The predicted molar refractivity (Wildman–Crippen MR) is 134 cm³/mol. The number of allylic oxidation sites excluding steroid dienone is 1. The Kier molecular flexibility index (Phi) is 5.58. The van der Waals surface area contributed by atoms with E-state index in [-0.39, 0.29) is 28.5 Å². The average molecular weight is 459 g/mol. The molecule has 0 aliphatic rings. The first-order valence-corrected chi connectivity index (χ1v) is 10.9. The summed E-state index contributed by atoms with van der Waals surface area (Å²) in [6.45, 7) is 0.335. The Labute approximate surface area is 201 Å². The molecule has 0 radical (unpaired) electrons. The second kappa shape index (κ2) is 9.01. The second-order valence-corrected chi connectivity index (χ2v) is 7.96. The van der Waals surface area contributed by atoms with Gasteiger partial charge in [0.25, 0.3) is 0 Å². The van der Waals surface area contributed by atoms with Crippen LogP contribution < -0.4 is 5.73 Å². The van der Waals surface area contributed by atoms with Crippen LogP contribution in [0.4, 0.5) is 10.2 Å². The van der Waals surface area contributed by atoms with Gasteiger partial charge in [0.2, 0.25) is 0 Å². The summed E-state index contributed by atoms with van der Waals surface area (Å²) in [5, 5.41) is 25.2. The van der Waals surface area contributed by atoms with Crippen LogP contribution in [0.25, 0.3) is 28.2 Å². The van der Waals surface area contributed by atoms with E-state index in [9.17, 15) is 14.9 Å². The van der Waals surface area contributed by atoms with Crippen LogP contribution in [0.3, 0.4) is 0 Å². The van der Waals surface area contributed by atoms with Gasteiger partial charge in [0, 0.05) is 28.2 Å². The standard InChI is InChI=1S/C28H19FN6/c29-25-12-6-4-8-19(25)17-34-18-21(23-11-5-7-13-26(23)34)14-20(15-30)27-24(16-31)28(32)35(33-27)22-9-2-1-3-10-22/h1-14,18H,17,32H2/b20-14+. The molecule has 35 heavy (non-hydrogen) atoms. The van der Waals surface area contributed by atoms with Crippen molar-refractivity contribution in [3.05, 3.63) is 113 Å². The number of hydrogen-bond donors (Lipinski definition) is 1. The fraction of sp³-hybridized carbons (Fsp3) is 0.0357. The van der Waals surface area contributed by atoms with E-state index in [1.165, 1.54) is 10.7 Å². The number of para-hydroxylation sites is 2. The van der Waals surface area contributed by atoms with Crippen LogP contribution >= 0.6 is 0 Å². The number of aromatic nitrogens is 3. The van der Waals surface area contributed by atoms with E-state index < -0.39 is 0 Å². The smallest absolute Gasteiger partial charge is 0.145 e. The Morgan fingerprint density at radius 1 is 0.971 bits per heavy atom. The van der Waals surface area contributed by atoms with E-state index >= 15 is 0 Å². The van der Waals surface area contributed by atoms with Crippen LogP contribution in [0.5, 0.6) is 0 Å². The first-order chi connectivity index (χ1) is 17.1. The minimum absolute atomic E-state index is 0.136. The highest BCUT2D eigenvalue weighted by atomic mass is 19.1. The Morgan fingerprint density at radius 3 is 2.43 bits per heavy atom. The molecule has 5 rings (SSSR count). The molecule has 7 heteroatoms. The Balaban J connectivity index is 1.64. The molecule has 2 N–H and O–H groups in total. The lowest BCUT2D eigenvalue weighted by atomic mass is 10.1. The monoisotopic (exact) mass is 458 g/mol. The maximum absolute atomic E-state index is 14.3. The largest absolute Gasteiger partial charge is 0.382 e. The fourth-order valence-electron chi connectivity index (χ4n) is 4.14. The highest BCUT2D eigenvalue weighted by Crippen LogP contribution is 2.30. The minimum Gasteiger partial charge on any atom is -0.382 e. The van der Waals surface area contributed by atoms with Gasteiger partial charge in [0.15, 0.2) is 0 Å². The van der Waals surface area contributed by atoms with Gasteiger partial charge in [-0.15, -0.1) is 0 Å². The van der Waals surface area contributed by atoms with Crippen molar-refractivity contribution in [1.82, 2.24) is 14.3 Å². The summed E-state index contributed by atoms with van der Waals surface area (Å²) in [4.78, 5) is 0. The molecule has 2 heterocycles. The maximum atomic E-state index is 14.3. The SMILES string of the molecule is N#C/C(=C\c1cn(Cc2ccccc2F)c2ccccc12)c1nn(-c2ccccc2)c(N)c1C#N. The molecule has 3 aromatic carbocycles. The van der Waals surface area contributed by atoms with E-state index in [1.807, 2.05) is 65.4 Å². The number of hydrogen-bond acceptors (Lipinski definition) is 4. The van der Waals surface area contributed by atoms with Crippen molar-refractivity contribution in [2.75, 3.05) is 5.73 Å². The summed E-state index contributed by atoms with van der Waals surface area (Å²) in [7, 11) is 0. The molecule has 0 aliphatic carbocycles. The lowest BCUT2D eigenvalue weighted by molar-refractivity contribution is 0.602. The van der Waals surface area contributed by atoms with Crippen LogP contribution in [0.1, 0.15) is 22.4 Å². The van der Waals surface area contributed by atoms with Crippen molar-refractivity contribution in [3.8, 4) is 17.8 Å². The number of nitriles is 2. The van der Waals surface area contributed by atoms with Gasteiger partial charge in [0.05, 0.1) is 17.8 Å². The zero-order valence-corrected chi connectivity index (χ0v) is 18.6. The third kappa shape index (κ3) is 3.92. The second-order valence-electron chi connectivity index (χ2n) is 7.96. The van der Waals surface area contributed by atoms with Crippen LogP contribution in [0.15, 0.2) is 85.1 Å². The number of nitrogen functional groups attached to an aromatic ring is 1. The van der Waals surface area contributed by atoms with Gasteiger partial charge in [-0.25, -0.2) is 9.07 Å². The summed E-state index contributed by atoms with van der Waals surface area (Å²) < 4.78 is 17.7. The third-order valence-corrected chi connectivity index (χ3v) is 5.83. The molecule has 0 spiro atoms. The lowest BCUT2D eigenvalue weighted by Gasteiger charge is -2.06. The van der Waals surface area contributed by atoms with Crippen molar-refractivity contribution >= 4 is 28.4 Å². The number of anilines is 1. The molecule has 0 bridgehead atoms. The van der Waals surface area contributed by atoms with Crippen molar-refractivity contribution in [1.29, 1.82) is 10.5 Å². The number of nitrogens with zero attached hydrogens (tertiary/aromatic N) is 5. The summed E-state index contributed by atoms with van der Waals surface area (Å²) in [6, 6.07) is 27.8. The van der Waals surface area contributed by atoms with Crippen molar-refractivity contribution < 1.29 is 4.39 Å². The van der Waals surface area contributed by atoms with Gasteiger partial charge < -0.3 is 10.3 Å². The van der Waals surface area contributed by atoms with Crippen LogP contribution in [-0.2, 0) is 6.54 Å². The van der Waals surface area contributed by atoms with Gasteiger partial charge in [-0.1, -0.05) is 54.6 Å². The van der Waals surface area contributed by atoms with Gasteiger partial charge in [0.1, 0.15) is 35.0 Å². The van der Waals surface area contributed by atoms with Gasteiger partial charge in [-0.2, -0.15) is 15.6 Å². The third-order valence-electron chi connectivity index (χ3n) is 5.83. The van der Waals surface area contributed by atoms with Crippen molar-refractivity contribution in [3.63, 3.8) is 0 Å². The number of rotatable bonds is 5. The summed E-state index contributed by atoms with van der Waals surface area (Å²) in [6.07, 6.45) is 3.57. The van der Waals surface area contributed by atoms with Crippen molar-refractivity contribution in [2.24, 2.45) is 0 Å². The molecule has 2 aromatic heterocycles. The average Bonchev–Trinajstić information content (AvgIpc) is 3.41. The number of benzene rings is 3. The van der Waals surface area contributed by atoms with E-state index in [4.69, 9.17) is 5.73 Å². The Morgan fingerprint density at radius 2 is 1.69 bits per heavy atom. The van der Waals surface area contributed by atoms with Crippen LogP contribution in [-0.4, -0.2) is 14.3 Å². The van der Waals surface area contributed by atoms with Crippen molar-refractivity contribution in [2.45, 2.75) is 6.54 Å². The van der Waals surface area contributed by atoms with E-state index in [2.05, 4.69) is 17.2 Å². The normalized spacial score (nSPS) is 11.3. The molecule has 168 valence electrons. The summed E-state index contributed by atoms with van der Waals surface area (Å²) >= 11 is 0. The molecule has 0 unspecified atom stereocenters. The quantitative estimate of drug-likeness (QED) is 0.350. The van der Waals surface area contributed by atoms with E-state index in [0.29, 0.717) is 17.8 Å². The van der Waals surface area contributed by atoms with E-state index in [1.54, 1.807) is 24.3 Å². The molecule has 0 fully saturated rings. The van der Waals surface area contributed by atoms with Gasteiger partial charge >= 0.3 is 0 Å². The fourth-order valence-corrected chi connectivity index (χ4v) is 4.14. The highest BCUT2D eigenvalue weighted by Gasteiger charge is 2.20. The zero-order valence-electron chi connectivity index (χ0n) is 18.6. The predicted octanol–water partition coefficient (Wildman–Crippen LogP) is 5.53. The molecule has 0 atom stereocenters. The number of halogens is 1. The number of nitrogens with two attached hydrogens (primary N) is 1. The van der Waals surface area contributed by atoms with Gasteiger partial charge in [-0.3, -0.25) is 0 Å². The molecule has 0 saturated carbocycles. The van der Waals surface area contributed by atoms with E-state index in [0.717, 1.165) is 16.5 Å². The minimum atomic E-state index is -0.277. The van der Waals surface area contributed by atoms with Crippen LogP contribution in [0.2, 0.25) is 0 Å². The molecule has 0 saturated heterocycles. The Bertz CT molecular complexity index is 1660. The lowest BCUT2D eigenvalue weighted by Crippen LogP contribution is -2.02. The molecule has 0 aliphatic heterocycles. The first-order valence-electron chi connectivity index (χ1n) is 10.9. The molecule has 0 amide bonds. The number of fused-ring (bicyclic) bond motifs is 1. The Hall–Kier alpha value is -5.14. The molecular weight excluding hydrogens is 439 g/mol. The zero-order chi connectivity index (χ0) is 24.4. The topological polar surface area (TPSA) is 96.3 Å². The summed E-state index contributed by atoms with van der Waals surface area (Å²) in [5.41, 5.74) is 9.68. The highest BCUT2D eigenvalue weighted by molar-refractivity contribution is 5.98. The summed E-state index contributed by atoms with van der Waals surface area (Å²) in [5.74, 6) is -0.113. The first kappa shape index (κ1) is 21.7. The van der Waals surface area contributed by atoms with Crippen LogP contribution in [0, 0.1) is 28.5 Å².